The van der Waals surface area contributed by atoms with E-state index in [0.29, 0.717) is 17.2 Å². The quantitative estimate of drug-likeness (QED) is 0.827. The zero-order valence-corrected chi connectivity index (χ0v) is 12.2. The van der Waals surface area contributed by atoms with Crippen LogP contribution in [0.5, 0.6) is 5.75 Å². The first kappa shape index (κ1) is 13.0. The second kappa shape index (κ2) is 4.82. The maximum atomic E-state index is 9.64. The van der Waals surface area contributed by atoms with E-state index in [1.807, 2.05) is 12.1 Å². The Labute approximate surface area is 116 Å². The Bertz CT molecular complexity index is 456. The number of likely N-dealkylation sites (tertiary alicyclic amines) is 1. The molecule has 1 aromatic rings. The van der Waals surface area contributed by atoms with Gasteiger partial charge in [-0.15, -0.1) is 0 Å². The van der Waals surface area contributed by atoms with Gasteiger partial charge < -0.3 is 5.11 Å². The van der Waals surface area contributed by atoms with Crippen LogP contribution in [0.4, 0.5) is 0 Å². The van der Waals surface area contributed by atoms with Crippen molar-refractivity contribution in [2.24, 2.45) is 5.41 Å². The molecule has 0 radical (unpaired) electrons. The molecule has 1 unspecified atom stereocenters. The van der Waals surface area contributed by atoms with Crippen LogP contribution < -0.4 is 0 Å². The second-order valence-electron chi connectivity index (χ2n) is 6.99. The number of benzene rings is 1. The van der Waals surface area contributed by atoms with Crippen molar-refractivity contribution in [1.29, 1.82) is 0 Å². The molecule has 1 aromatic carbocycles. The first-order valence-electron chi connectivity index (χ1n) is 7.61. The molecular weight excluding hydrogens is 234 g/mol. The lowest BCUT2D eigenvalue weighted by Gasteiger charge is -2.43. The predicted molar refractivity (Wildman–Crippen MR) is 78.4 cm³/mol. The number of phenols is 1. The topological polar surface area (TPSA) is 23.5 Å². The summed E-state index contributed by atoms with van der Waals surface area (Å²) < 4.78 is 0. The summed E-state index contributed by atoms with van der Waals surface area (Å²) in [4.78, 5) is 2.67. The van der Waals surface area contributed by atoms with E-state index in [-0.39, 0.29) is 0 Å². The molecule has 1 N–H and O–H groups in total. The fourth-order valence-corrected chi connectivity index (χ4v) is 3.60. The SMILES string of the molecule is CC1(C)CCN(C2CCCc3cc(O)ccc32)CC1. The molecule has 2 aliphatic rings. The maximum absolute atomic E-state index is 9.64. The Morgan fingerprint density at radius 2 is 1.95 bits per heavy atom. The van der Waals surface area contributed by atoms with Gasteiger partial charge in [-0.2, -0.15) is 0 Å². The Kier molecular flexibility index (Phi) is 3.30. The average molecular weight is 259 g/mol. The van der Waals surface area contributed by atoms with Gasteiger partial charge in [0, 0.05) is 6.04 Å². The molecule has 19 heavy (non-hydrogen) atoms. The van der Waals surface area contributed by atoms with Gasteiger partial charge in [-0.3, -0.25) is 4.90 Å². The molecule has 2 nitrogen and oxygen atoms in total. The molecule has 1 saturated heterocycles. The minimum atomic E-state index is 0.416. The highest BCUT2D eigenvalue weighted by atomic mass is 16.3. The Morgan fingerprint density at radius 3 is 2.68 bits per heavy atom. The Morgan fingerprint density at radius 1 is 1.21 bits per heavy atom. The van der Waals surface area contributed by atoms with Gasteiger partial charge in [0.15, 0.2) is 0 Å². The summed E-state index contributed by atoms with van der Waals surface area (Å²) in [7, 11) is 0. The largest absolute Gasteiger partial charge is 0.508 e. The molecule has 1 aliphatic heterocycles. The Hall–Kier alpha value is -1.02. The van der Waals surface area contributed by atoms with E-state index < -0.39 is 0 Å². The lowest BCUT2D eigenvalue weighted by molar-refractivity contribution is 0.0856. The van der Waals surface area contributed by atoms with E-state index >= 15 is 0 Å². The first-order chi connectivity index (χ1) is 9.05. The van der Waals surface area contributed by atoms with E-state index in [9.17, 15) is 5.11 Å². The van der Waals surface area contributed by atoms with Crippen LogP contribution in [0.2, 0.25) is 0 Å². The van der Waals surface area contributed by atoms with Gasteiger partial charge in [0.05, 0.1) is 0 Å². The van der Waals surface area contributed by atoms with Crippen molar-refractivity contribution >= 4 is 0 Å². The summed E-state index contributed by atoms with van der Waals surface area (Å²) in [5.74, 6) is 0.416. The van der Waals surface area contributed by atoms with Crippen molar-refractivity contribution in [1.82, 2.24) is 4.90 Å². The van der Waals surface area contributed by atoms with E-state index in [1.165, 1.54) is 49.9 Å². The van der Waals surface area contributed by atoms with Crippen LogP contribution >= 0.6 is 0 Å². The van der Waals surface area contributed by atoms with Gasteiger partial charge >= 0.3 is 0 Å². The van der Waals surface area contributed by atoms with Crippen LogP contribution in [0.25, 0.3) is 0 Å². The number of fused-ring (bicyclic) bond motifs is 1. The lowest BCUT2D eigenvalue weighted by atomic mass is 9.80. The number of piperidine rings is 1. The number of nitrogens with zero attached hydrogens (tertiary/aromatic N) is 1. The minimum absolute atomic E-state index is 0.416. The van der Waals surface area contributed by atoms with Crippen molar-refractivity contribution < 1.29 is 5.11 Å². The zero-order chi connectivity index (χ0) is 13.5. The summed E-state index contributed by atoms with van der Waals surface area (Å²) in [5, 5.41) is 9.64. The van der Waals surface area contributed by atoms with E-state index in [2.05, 4.69) is 24.8 Å². The highest BCUT2D eigenvalue weighted by Crippen LogP contribution is 2.39. The third-order valence-corrected chi connectivity index (χ3v) is 5.00. The van der Waals surface area contributed by atoms with Gasteiger partial charge in [0.2, 0.25) is 0 Å². The molecular formula is C17H25NO. The number of hydrogen-bond acceptors (Lipinski definition) is 2. The fourth-order valence-electron chi connectivity index (χ4n) is 3.60. The highest BCUT2D eigenvalue weighted by Gasteiger charge is 2.32. The molecule has 1 atom stereocenters. The van der Waals surface area contributed by atoms with Gasteiger partial charge in [0.25, 0.3) is 0 Å². The third-order valence-electron chi connectivity index (χ3n) is 5.00. The van der Waals surface area contributed by atoms with Crippen molar-refractivity contribution in [2.45, 2.75) is 52.0 Å². The molecule has 0 bridgehead atoms. The van der Waals surface area contributed by atoms with E-state index in [0.717, 1.165) is 6.42 Å². The van der Waals surface area contributed by atoms with E-state index in [4.69, 9.17) is 0 Å². The normalized spacial score (nSPS) is 26.9. The molecule has 0 spiro atoms. The number of hydrogen-bond donors (Lipinski definition) is 1. The van der Waals surface area contributed by atoms with Crippen molar-refractivity contribution in [2.75, 3.05) is 13.1 Å². The van der Waals surface area contributed by atoms with Gasteiger partial charge in [0.1, 0.15) is 5.75 Å². The summed E-state index contributed by atoms with van der Waals surface area (Å²) in [5.41, 5.74) is 3.34. The lowest BCUT2D eigenvalue weighted by Crippen LogP contribution is -2.40. The number of aromatic hydroxyl groups is 1. The van der Waals surface area contributed by atoms with Crippen LogP contribution in [0, 0.1) is 5.41 Å². The summed E-state index contributed by atoms with van der Waals surface area (Å²) in [6.07, 6.45) is 6.26. The van der Waals surface area contributed by atoms with Crippen LogP contribution in [-0.2, 0) is 6.42 Å². The smallest absolute Gasteiger partial charge is 0.115 e. The van der Waals surface area contributed by atoms with Crippen molar-refractivity contribution in [3.8, 4) is 5.75 Å². The molecule has 1 heterocycles. The molecule has 2 heteroatoms. The van der Waals surface area contributed by atoms with Crippen LogP contribution in [-0.4, -0.2) is 23.1 Å². The fraction of sp³-hybridized carbons (Fsp3) is 0.647. The van der Waals surface area contributed by atoms with Crippen LogP contribution in [0.1, 0.15) is 56.7 Å². The predicted octanol–water partition coefficient (Wildman–Crippen LogP) is 3.89. The number of rotatable bonds is 1. The van der Waals surface area contributed by atoms with Crippen molar-refractivity contribution in [3.05, 3.63) is 29.3 Å². The van der Waals surface area contributed by atoms with Gasteiger partial charge in [-0.05, 0) is 73.9 Å². The monoisotopic (exact) mass is 259 g/mol. The maximum Gasteiger partial charge on any atom is 0.115 e. The highest BCUT2D eigenvalue weighted by molar-refractivity contribution is 5.38. The summed E-state index contributed by atoms with van der Waals surface area (Å²) in [6, 6.07) is 6.55. The minimum Gasteiger partial charge on any atom is -0.508 e. The number of phenolic OH excluding ortho intramolecular Hbond substituents is 1. The Balaban J connectivity index is 1.80. The summed E-state index contributed by atoms with van der Waals surface area (Å²) in [6.45, 7) is 7.21. The number of aryl methyl sites for hydroxylation is 1. The van der Waals surface area contributed by atoms with Crippen molar-refractivity contribution in [3.63, 3.8) is 0 Å². The molecule has 104 valence electrons. The first-order valence-corrected chi connectivity index (χ1v) is 7.61. The standard InChI is InChI=1S/C17H25NO/c1-17(2)8-10-18(11-9-17)16-5-3-4-13-12-14(19)6-7-15(13)16/h6-7,12,16,19H,3-5,8-11H2,1-2H3. The zero-order valence-electron chi connectivity index (χ0n) is 12.2. The molecule has 0 saturated carbocycles. The molecule has 3 rings (SSSR count). The molecule has 1 aliphatic carbocycles. The second-order valence-corrected chi connectivity index (χ2v) is 6.99. The molecule has 0 amide bonds. The van der Waals surface area contributed by atoms with Gasteiger partial charge in [-0.1, -0.05) is 19.9 Å². The average Bonchev–Trinajstić information content (AvgIpc) is 2.38. The molecule has 1 fully saturated rings. The molecule has 0 aromatic heterocycles. The van der Waals surface area contributed by atoms with Gasteiger partial charge in [-0.25, -0.2) is 0 Å². The van der Waals surface area contributed by atoms with E-state index in [1.54, 1.807) is 0 Å². The third kappa shape index (κ3) is 2.64. The summed E-state index contributed by atoms with van der Waals surface area (Å²) >= 11 is 0. The van der Waals surface area contributed by atoms with Crippen LogP contribution in [0.3, 0.4) is 0 Å². The van der Waals surface area contributed by atoms with Crippen LogP contribution in [0.15, 0.2) is 18.2 Å².